The van der Waals surface area contributed by atoms with Crippen LogP contribution in [-0.2, 0) is 10.0 Å². The van der Waals surface area contributed by atoms with Gasteiger partial charge in [-0.3, -0.25) is 0 Å². The molecule has 8 heteroatoms. The van der Waals surface area contributed by atoms with Gasteiger partial charge in [0.15, 0.2) is 5.11 Å². The molecule has 1 aliphatic rings. The third kappa shape index (κ3) is 4.73. The maximum Gasteiger partial charge on any atom is 0.243 e. The van der Waals surface area contributed by atoms with Gasteiger partial charge in [0.1, 0.15) is 0 Å². The van der Waals surface area contributed by atoms with Gasteiger partial charge >= 0.3 is 0 Å². The zero-order valence-corrected chi connectivity index (χ0v) is 17.4. The molecule has 146 valence electrons. The molecule has 2 rings (SSSR count). The number of piperidine rings is 1. The summed E-state index contributed by atoms with van der Waals surface area (Å²) >= 11 is 5.52. The minimum Gasteiger partial charge on any atom is -0.396 e. The first-order chi connectivity index (χ1) is 12.3. The van der Waals surface area contributed by atoms with Crippen LogP contribution in [0.15, 0.2) is 23.1 Å². The molecule has 1 aromatic carbocycles. The molecule has 1 aliphatic heterocycles. The van der Waals surface area contributed by atoms with E-state index in [2.05, 4.69) is 5.32 Å². The van der Waals surface area contributed by atoms with Gasteiger partial charge in [0.05, 0.1) is 4.90 Å². The van der Waals surface area contributed by atoms with Gasteiger partial charge in [-0.1, -0.05) is 19.9 Å². The fourth-order valence-electron chi connectivity index (χ4n) is 3.20. The van der Waals surface area contributed by atoms with Gasteiger partial charge in [-0.15, -0.1) is 0 Å². The quantitative estimate of drug-likeness (QED) is 0.716. The van der Waals surface area contributed by atoms with E-state index in [0.717, 1.165) is 31.5 Å². The Bertz CT molecular complexity index is 733. The standard InChI is InChI=1S/C18H29N3O3S2/c1-4-21(5-2)26(23,24)16-9-8-14(3)17(11-16)19-18(25)20-10-6-7-15(12-20)13-22/h8-9,11,15,22H,4-7,10,12-13H2,1-3H3,(H,19,25). The maximum atomic E-state index is 12.8. The Balaban J connectivity index is 2.21. The van der Waals surface area contributed by atoms with E-state index in [4.69, 9.17) is 12.2 Å². The van der Waals surface area contributed by atoms with Crippen LogP contribution in [0.4, 0.5) is 5.69 Å². The summed E-state index contributed by atoms with van der Waals surface area (Å²) in [5.74, 6) is 0.235. The van der Waals surface area contributed by atoms with Gasteiger partial charge in [-0.05, 0) is 55.6 Å². The number of benzene rings is 1. The summed E-state index contributed by atoms with van der Waals surface area (Å²) in [6, 6.07) is 5.09. The second-order valence-corrected chi connectivity index (χ2v) is 8.96. The van der Waals surface area contributed by atoms with Gasteiger partial charge in [-0.2, -0.15) is 4.31 Å². The van der Waals surface area contributed by atoms with Crippen molar-refractivity contribution < 1.29 is 13.5 Å². The summed E-state index contributed by atoms with van der Waals surface area (Å²) in [4.78, 5) is 2.31. The van der Waals surface area contributed by atoms with Gasteiger partial charge in [0, 0.05) is 38.5 Å². The molecule has 1 saturated heterocycles. The van der Waals surface area contributed by atoms with Crippen LogP contribution in [0.5, 0.6) is 0 Å². The van der Waals surface area contributed by atoms with Gasteiger partial charge in [0.2, 0.25) is 10.0 Å². The lowest BCUT2D eigenvalue weighted by Gasteiger charge is -2.34. The molecule has 1 fully saturated rings. The van der Waals surface area contributed by atoms with Crippen LogP contribution in [0, 0.1) is 12.8 Å². The fraction of sp³-hybridized carbons (Fsp3) is 0.611. The highest BCUT2D eigenvalue weighted by Gasteiger charge is 2.24. The molecular formula is C18H29N3O3S2. The molecule has 6 nitrogen and oxygen atoms in total. The Morgan fingerprint density at radius 1 is 1.38 bits per heavy atom. The Morgan fingerprint density at radius 2 is 2.08 bits per heavy atom. The Morgan fingerprint density at radius 3 is 2.69 bits per heavy atom. The first kappa shape index (κ1) is 21.1. The van der Waals surface area contributed by atoms with Crippen molar-refractivity contribution in [2.75, 3.05) is 38.1 Å². The predicted octanol–water partition coefficient (Wildman–Crippen LogP) is 2.43. The number of anilines is 1. The molecule has 0 saturated carbocycles. The number of nitrogens with one attached hydrogen (secondary N) is 1. The summed E-state index contributed by atoms with van der Waals surface area (Å²) in [6.07, 6.45) is 1.99. The molecule has 1 unspecified atom stereocenters. The number of likely N-dealkylation sites (tertiary alicyclic amines) is 1. The van der Waals surface area contributed by atoms with Crippen molar-refractivity contribution >= 4 is 33.0 Å². The van der Waals surface area contributed by atoms with E-state index in [1.54, 1.807) is 18.2 Å². The molecule has 1 aromatic rings. The topological polar surface area (TPSA) is 72.9 Å². The molecule has 2 N–H and O–H groups in total. The van der Waals surface area contributed by atoms with E-state index in [0.29, 0.717) is 23.9 Å². The minimum absolute atomic E-state index is 0.162. The Labute approximate surface area is 162 Å². The van der Waals surface area contributed by atoms with Gasteiger partial charge < -0.3 is 15.3 Å². The van der Waals surface area contributed by atoms with Crippen molar-refractivity contribution in [3.63, 3.8) is 0 Å². The summed E-state index contributed by atoms with van der Waals surface area (Å²) in [7, 11) is -3.51. The third-order valence-electron chi connectivity index (χ3n) is 4.86. The number of nitrogens with zero attached hydrogens (tertiary/aromatic N) is 2. The highest BCUT2D eigenvalue weighted by atomic mass is 32.2. The summed E-state index contributed by atoms with van der Waals surface area (Å²) in [5, 5.41) is 13.2. The maximum absolute atomic E-state index is 12.8. The molecular weight excluding hydrogens is 370 g/mol. The first-order valence-corrected chi connectivity index (χ1v) is 11.0. The number of aliphatic hydroxyl groups is 1. The highest BCUT2D eigenvalue weighted by molar-refractivity contribution is 7.89. The number of aryl methyl sites for hydroxylation is 1. The van der Waals surface area contributed by atoms with E-state index in [1.165, 1.54) is 4.31 Å². The Hall–Kier alpha value is -1.22. The number of thiocarbonyl (C=S) groups is 1. The molecule has 0 bridgehead atoms. The van der Waals surface area contributed by atoms with E-state index in [-0.39, 0.29) is 17.4 Å². The van der Waals surface area contributed by atoms with Crippen molar-refractivity contribution in [3.05, 3.63) is 23.8 Å². The van der Waals surface area contributed by atoms with E-state index in [1.807, 2.05) is 25.7 Å². The van der Waals surface area contributed by atoms with E-state index in [9.17, 15) is 13.5 Å². The molecule has 0 radical (unpaired) electrons. The van der Waals surface area contributed by atoms with Crippen molar-refractivity contribution in [3.8, 4) is 0 Å². The van der Waals surface area contributed by atoms with Crippen LogP contribution < -0.4 is 5.32 Å². The third-order valence-corrected chi connectivity index (χ3v) is 7.26. The SMILES string of the molecule is CCN(CC)S(=O)(=O)c1ccc(C)c(NC(=S)N2CCCC(CO)C2)c1. The first-order valence-electron chi connectivity index (χ1n) is 9.11. The average molecular weight is 400 g/mol. The smallest absolute Gasteiger partial charge is 0.243 e. The number of sulfonamides is 1. The molecule has 26 heavy (non-hydrogen) atoms. The van der Waals surface area contributed by atoms with Crippen LogP contribution in [0.25, 0.3) is 0 Å². The van der Waals surface area contributed by atoms with Crippen molar-refractivity contribution in [2.24, 2.45) is 5.92 Å². The van der Waals surface area contributed by atoms with Crippen molar-refractivity contribution in [2.45, 2.75) is 38.5 Å². The van der Waals surface area contributed by atoms with Crippen LogP contribution >= 0.6 is 12.2 Å². The second-order valence-electron chi connectivity index (χ2n) is 6.63. The number of aliphatic hydroxyl groups excluding tert-OH is 1. The lowest BCUT2D eigenvalue weighted by molar-refractivity contribution is 0.162. The molecule has 0 aliphatic carbocycles. The molecule has 0 spiro atoms. The molecule has 0 amide bonds. The lowest BCUT2D eigenvalue weighted by Crippen LogP contribution is -2.43. The van der Waals surface area contributed by atoms with Crippen LogP contribution in [0.1, 0.15) is 32.3 Å². The average Bonchev–Trinajstić information content (AvgIpc) is 2.64. The van der Waals surface area contributed by atoms with Crippen molar-refractivity contribution in [1.82, 2.24) is 9.21 Å². The number of hydrogen-bond donors (Lipinski definition) is 2. The largest absolute Gasteiger partial charge is 0.396 e. The zero-order chi connectivity index (χ0) is 19.3. The van der Waals surface area contributed by atoms with E-state index >= 15 is 0 Å². The number of rotatable bonds is 6. The lowest BCUT2D eigenvalue weighted by atomic mass is 9.99. The molecule has 1 heterocycles. The molecule has 0 aromatic heterocycles. The Kier molecular flexibility index (Phi) is 7.40. The van der Waals surface area contributed by atoms with E-state index < -0.39 is 10.0 Å². The minimum atomic E-state index is -3.51. The predicted molar refractivity (Wildman–Crippen MR) is 109 cm³/mol. The van der Waals surface area contributed by atoms with Crippen LogP contribution in [0.3, 0.4) is 0 Å². The van der Waals surface area contributed by atoms with Crippen LogP contribution in [-0.4, -0.2) is 60.6 Å². The number of hydrogen-bond acceptors (Lipinski definition) is 4. The highest BCUT2D eigenvalue weighted by Crippen LogP contribution is 2.24. The van der Waals surface area contributed by atoms with Gasteiger partial charge in [-0.25, -0.2) is 8.42 Å². The summed E-state index contributed by atoms with van der Waals surface area (Å²) < 4.78 is 26.9. The van der Waals surface area contributed by atoms with Crippen LogP contribution in [0.2, 0.25) is 0 Å². The van der Waals surface area contributed by atoms with Crippen molar-refractivity contribution in [1.29, 1.82) is 0 Å². The summed E-state index contributed by atoms with van der Waals surface area (Å²) in [5.41, 5.74) is 1.64. The fourth-order valence-corrected chi connectivity index (χ4v) is 4.96. The zero-order valence-electron chi connectivity index (χ0n) is 15.7. The second kappa shape index (κ2) is 9.12. The van der Waals surface area contributed by atoms with Gasteiger partial charge in [0.25, 0.3) is 0 Å². The summed E-state index contributed by atoms with van der Waals surface area (Å²) in [6.45, 7) is 8.18. The normalized spacial score (nSPS) is 18.2. The molecule has 1 atom stereocenters. The monoisotopic (exact) mass is 399 g/mol.